The Kier molecular flexibility index (Phi) is 3.55. The van der Waals surface area contributed by atoms with E-state index in [9.17, 15) is 0 Å². The van der Waals surface area contributed by atoms with E-state index in [-0.39, 0.29) is 16.7 Å². The molecule has 0 unspecified atom stereocenters. The zero-order valence-electron chi connectivity index (χ0n) is 10.2. The molecule has 0 aliphatic rings. The molecule has 85 valence electrons. The topological polar surface area (TPSA) is 73.6 Å². The Balaban J connectivity index is 3.55. The molecule has 3 nitrogen and oxygen atoms in total. The first-order valence-electron chi connectivity index (χ1n) is 5.23. The molecule has 3 heteroatoms. The van der Waals surface area contributed by atoms with E-state index in [4.69, 9.17) is 16.3 Å². The second-order valence-electron chi connectivity index (χ2n) is 4.72. The number of allylic oxidation sites excluding steroid dienone is 2. The monoisotopic (exact) mass is 224 g/mol. The molecule has 0 saturated carbocycles. The molecule has 0 saturated heterocycles. The van der Waals surface area contributed by atoms with Crippen molar-refractivity contribution in [3.05, 3.63) is 41.1 Å². The number of hydrogen-bond donors (Lipinski definition) is 1. The first-order valence-corrected chi connectivity index (χ1v) is 5.23. The lowest BCUT2D eigenvalue weighted by molar-refractivity contribution is 0.587. The van der Waals surface area contributed by atoms with E-state index in [1.807, 2.05) is 32.9 Å². The highest BCUT2D eigenvalue weighted by Crippen LogP contribution is 2.30. The predicted molar refractivity (Wildman–Crippen MR) is 66.3 cm³/mol. The SMILES string of the molecule is CC(C)(C)c1[c]cccc1/C(C#N)=C(/N)C#N. The predicted octanol–water partition coefficient (Wildman–Crippen LogP) is 2.50. The second kappa shape index (κ2) is 4.72. The first kappa shape index (κ1) is 12.8. The Morgan fingerprint density at radius 2 is 1.94 bits per heavy atom. The highest BCUT2D eigenvalue weighted by atomic mass is 14.6. The van der Waals surface area contributed by atoms with Gasteiger partial charge in [-0.3, -0.25) is 0 Å². The molecule has 0 aromatic heterocycles. The molecule has 1 aromatic rings. The standard InChI is InChI=1S/C14H14N3/c1-14(2,3)12-7-5-4-6-10(12)11(8-15)13(17)9-16/h4-6H,17H2,1-3H3/b13-11+. The minimum absolute atomic E-state index is 0.0578. The van der Waals surface area contributed by atoms with Gasteiger partial charge in [-0.25, -0.2) is 0 Å². The van der Waals surface area contributed by atoms with Crippen LogP contribution in [0.3, 0.4) is 0 Å². The van der Waals surface area contributed by atoms with Gasteiger partial charge in [-0.2, -0.15) is 10.5 Å². The summed E-state index contributed by atoms with van der Waals surface area (Å²) >= 11 is 0. The Hall–Kier alpha value is -2.26. The van der Waals surface area contributed by atoms with E-state index in [2.05, 4.69) is 6.07 Å². The molecule has 17 heavy (non-hydrogen) atoms. The molecule has 0 spiro atoms. The fourth-order valence-electron chi connectivity index (χ4n) is 1.59. The van der Waals surface area contributed by atoms with Gasteiger partial charge in [0.25, 0.3) is 0 Å². The van der Waals surface area contributed by atoms with Crippen LogP contribution in [0.4, 0.5) is 0 Å². The number of hydrogen-bond acceptors (Lipinski definition) is 3. The van der Waals surface area contributed by atoms with Crippen molar-refractivity contribution in [3.63, 3.8) is 0 Å². The minimum Gasteiger partial charge on any atom is -0.389 e. The number of nitrogens with zero attached hydrogens (tertiary/aromatic N) is 2. The van der Waals surface area contributed by atoms with Crippen molar-refractivity contribution in [2.24, 2.45) is 5.73 Å². The van der Waals surface area contributed by atoms with Crippen molar-refractivity contribution >= 4 is 5.57 Å². The Morgan fingerprint density at radius 3 is 2.41 bits per heavy atom. The fourth-order valence-corrected chi connectivity index (χ4v) is 1.59. The Morgan fingerprint density at radius 1 is 1.29 bits per heavy atom. The smallest absolute Gasteiger partial charge is 0.129 e. The minimum atomic E-state index is -0.158. The molecule has 0 aliphatic heterocycles. The van der Waals surface area contributed by atoms with E-state index in [1.54, 1.807) is 18.2 Å². The van der Waals surface area contributed by atoms with Gasteiger partial charge >= 0.3 is 0 Å². The zero-order valence-corrected chi connectivity index (χ0v) is 10.2. The number of rotatable bonds is 1. The van der Waals surface area contributed by atoms with Gasteiger partial charge < -0.3 is 5.73 Å². The van der Waals surface area contributed by atoms with Crippen LogP contribution in [0.25, 0.3) is 5.57 Å². The van der Waals surface area contributed by atoms with Crippen molar-refractivity contribution in [2.75, 3.05) is 0 Å². The maximum Gasteiger partial charge on any atom is 0.129 e. The summed E-state index contributed by atoms with van der Waals surface area (Å²) in [5.41, 5.74) is 7.12. The van der Waals surface area contributed by atoms with E-state index in [0.717, 1.165) is 5.56 Å². The van der Waals surface area contributed by atoms with Crippen LogP contribution in [0.1, 0.15) is 31.9 Å². The van der Waals surface area contributed by atoms with Crippen molar-refractivity contribution in [3.8, 4) is 12.1 Å². The third-order valence-corrected chi connectivity index (χ3v) is 2.38. The summed E-state index contributed by atoms with van der Waals surface area (Å²) in [4.78, 5) is 0. The molecule has 0 heterocycles. The summed E-state index contributed by atoms with van der Waals surface area (Å²) in [5.74, 6) is 0. The molecule has 0 aliphatic carbocycles. The van der Waals surface area contributed by atoms with Gasteiger partial charge in [-0.05, 0) is 22.6 Å². The average Bonchev–Trinajstić information content (AvgIpc) is 2.29. The molecule has 1 radical (unpaired) electrons. The quantitative estimate of drug-likeness (QED) is 0.745. The van der Waals surface area contributed by atoms with Gasteiger partial charge in [-0.15, -0.1) is 0 Å². The number of nitrogens with two attached hydrogens (primary N) is 1. The van der Waals surface area contributed by atoms with Gasteiger partial charge in [0.05, 0.1) is 5.57 Å². The molecule has 2 N–H and O–H groups in total. The van der Waals surface area contributed by atoms with Crippen molar-refractivity contribution in [1.82, 2.24) is 0 Å². The van der Waals surface area contributed by atoms with Gasteiger partial charge in [0.15, 0.2) is 0 Å². The summed E-state index contributed by atoms with van der Waals surface area (Å²) in [6, 6.07) is 12.3. The highest BCUT2D eigenvalue weighted by molar-refractivity contribution is 5.82. The van der Waals surface area contributed by atoms with Crippen LogP contribution in [-0.2, 0) is 5.41 Å². The maximum atomic E-state index is 9.12. The summed E-state index contributed by atoms with van der Waals surface area (Å²) < 4.78 is 0. The summed E-state index contributed by atoms with van der Waals surface area (Å²) in [5, 5.41) is 17.9. The first-order chi connectivity index (χ1) is 7.91. The zero-order chi connectivity index (χ0) is 13.1. The lowest BCUT2D eigenvalue weighted by Gasteiger charge is -2.22. The maximum absolute atomic E-state index is 9.12. The molecular weight excluding hydrogens is 210 g/mol. The van der Waals surface area contributed by atoms with Crippen LogP contribution in [0.15, 0.2) is 23.9 Å². The lowest BCUT2D eigenvalue weighted by atomic mass is 9.81. The van der Waals surface area contributed by atoms with E-state index in [1.165, 1.54) is 0 Å². The van der Waals surface area contributed by atoms with Crippen LogP contribution in [0.2, 0.25) is 0 Å². The van der Waals surface area contributed by atoms with Crippen LogP contribution < -0.4 is 5.73 Å². The normalized spacial score (nSPS) is 12.3. The van der Waals surface area contributed by atoms with E-state index in [0.29, 0.717) is 5.56 Å². The Bertz CT molecular complexity index is 534. The molecule has 0 bridgehead atoms. The van der Waals surface area contributed by atoms with Crippen molar-refractivity contribution < 1.29 is 0 Å². The molecule has 1 aromatic carbocycles. The second-order valence-corrected chi connectivity index (χ2v) is 4.72. The molecule has 0 atom stereocenters. The summed E-state index contributed by atoms with van der Waals surface area (Å²) in [6.45, 7) is 6.08. The van der Waals surface area contributed by atoms with Crippen molar-refractivity contribution in [1.29, 1.82) is 10.5 Å². The number of benzene rings is 1. The largest absolute Gasteiger partial charge is 0.389 e. The van der Waals surface area contributed by atoms with Crippen LogP contribution in [-0.4, -0.2) is 0 Å². The van der Waals surface area contributed by atoms with Gasteiger partial charge in [0.2, 0.25) is 0 Å². The van der Waals surface area contributed by atoms with Gasteiger partial charge in [0.1, 0.15) is 17.8 Å². The van der Waals surface area contributed by atoms with Gasteiger partial charge in [0, 0.05) is 0 Å². The van der Waals surface area contributed by atoms with E-state index >= 15 is 0 Å². The molecule has 0 amide bonds. The van der Waals surface area contributed by atoms with Crippen LogP contribution in [0.5, 0.6) is 0 Å². The van der Waals surface area contributed by atoms with Gasteiger partial charge in [-0.1, -0.05) is 39.0 Å². The summed E-state index contributed by atoms with van der Waals surface area (Å²) in [6.07, 6.45) is 0. The van der Waals surface area contributed by atoms with E-state index < -0.39 is 0 Å². The average molecular weight is 224 g/mol. The molecular formula is C14H14N3. The third kappa shape index (κ3) is 2.65. The lowest BCUT2D eigenvalue weighted by Crippen LogP contribution is -2.15. The fraction of sp³-hybridized carbons (Fsp3) is 0.286. The summed E-state index contributed by atoms with van der Waals surface area (Å²) in [7, 11) is 0. The number of nitriles is 2. The third-order valence-electron chi connectivity index (χ3n) is 2.38. The molecule has 0 fully saturated rings. The van der Waals surface area contributed by atoms with Crippen molar-refractivity contribution in [2.45, 2.75) is 26.2 Å². The highest BCUT2D eigenvalue weighted by Gasteiger charge is 2.20. The van der Waals surface area contributed by atoms with Crippen LogP contribution >= 0.6 is 0 Å². The molecule has 1 rings (SSSR count). The van der Waals surface area contributed by atoms with Crippen LogP contribution in [0, 0.1) is 28.7 Å². The Labute approximate surface area is 102 Å².